The molecule has 56 valence electrons. The number of nitrogens with one attached hydrogen (secondary N) is 1. The summed E-state index contributed by atoms with van der Waals surface area (Å²) in [6.07, 6.45) is 3.70. The number of nitrogens with zero attached hydrogens (tertiary/aromatic N) is 1. The van der Waals surface area contributed by atoms with Gasteiger partial charge in [0.05, 0.1) is 28.6 Å². The highest BCUT2D eigenvalue weighted by Crippen LogP contribution is 2.29. The maximum absolute atomic E-state index is 4.06. The van der Waals surface area contributed by atoms with Gasteiger partial charge in [-0.25, -0.2) is 0 Å². The molecule has 0 aliphatic rings. The van der Waals surface area contributed by atoms with Crippen LogP contribution < -0.4 is 3.53 Å². The van der Waals surface area contributed by atoms with Gasteiger partial charge in [-0.1, -0.05) is 0 Å². The molecular formula is C7H5IN2S. The first-order valence-corrected chi connectivity index (χ1v) is 5.05. The van der Waals surface area contributed by atoms with Gasteiger partial charge in [-0.3, -0.25) is 4.98 Å². The third-order valence-corrected chi connectivity index (χ3v) is 3.02. The van der Waals surface area contributed by atoms with Gasteiger partial charge in [0.25, 0.3) is 0 Å². The predicted molar refractivity (Wildman–Crippen MR) is 57.3 cm³/mol. The van der Waals surface area contributed by atoms with Gasteiger partial charge in [0.15, 0.2) is 0 Å². The van der Waals surface area contributed by atoms with E-state index in [1.54, 1.807) is 11.3 Å². The Morgan fingerprint density at radius 1 is 1.55 bits per heavy atom. The highest BCUT2D eigenvalue weighted by molar-refractivity contribution is 14.1. The van der Waals surface area contributed by atoms with Crippen molar-refractivity contribution in [2.45, 2.75) is 0 Å². The molecule has 4 heteroatoms. The van der Waals surface area contributed by atoms with Crippen LogP contribution in [0.15, 0.2) is 23.8 Å². The minimum Gasteiger partial charge on any atom is -0.327 e. The van der Waals surface area contributed by atoms with Gasteiger partial charge in [-0.05, 0) is 6.07 Å². The van der Waals surface area contributed by atoms with Crippen LogP contribution in [-0.4, -0.2) is 4.98 Å². The summed E-state index contributed by atoms with van der Waals surface area (Å²) in [7, 11) is 0. The zero-order chi connectivity index (χ0) is 7.68. The Morgan fingerprint density at radius 3 is 3.27 bits per heavy atom. The lowest BCUT2D eigenvalue weighted by Crippen LogP contribution is -1.75. The molecule has 0 atom stereocenters. The van der Waals surface area contributed by atoms with E-state index in [0.717, 1.165) is 5.69 Å². The molecule has 0 radical (unpaired) electrons. The van der Waals surface area contributed by atoms with Gasteiger partial charge in [0.2, 0.25) is 0 Å². The van der Waals surface area contributed by atoms with Crippen LogP contribution in [0.4, 0.5) is 5.69 Å². The summed E-state index contributed by atoms with van der Waals surface area (Å²) in [5, 5.41) is 3.30. The zero-order valence-electron chi connectivity index (χ0n) is 5.54. The highest BCUT2D eigenvalue weighted by atomic mass is 127. The van der Waals surface area contributed by atoms with Crippen molar-refractivity contribution in [2.75, 3.05) is 3.53 Å². The number of hydrogen-bond donors (Lipinski definition) is 1. The van der Waals surface area contributed by atoms with E-state index in [4.69, 9.17) is 0 Å². The van der Waals surface area contributed by atoms with Crippen LogP contribution in [0, 0.1) is 0 Å². The summed E-state index contributed by atoms with van der Waals surface area (Å²) >= 11 is 3.86. The Bertz CT molecular complexity index is 371. The number of pyridine rings is 1. The van der Waals surface area contributed by atoms with E-state index in [2.05, 4.69) is 36.8 Å². The van der Waals surface area contributed by atoms with E-state index < -0.39 is 0 Å². The standard InChI is InChI=1S/C7H5IN2S/c8-10-6-4-11-7-1-2-9-3-5(6)7/h1-4,10H. The zero-order valence-corrected chi connectivity index (χ0v) is 8.52. The molecular weight excluding hydrogens is 271 g/mol. The Balaban J connectivity index is 2.76. The van der Waals surface area contributed by atoms with Crippen molar-refractivity contribution in [3.63, 3.8) is 0 Å². The topological polar surface area (TPSA) is 24.9 Å². The Morgan fingerprint density at radius 2 is 2.45 bits per heavy atom. The van der Waals surface area contributed by atoms with Gasteiger partial charge >= 0.3 is 0 Å². The predicted octanol–water partition coefficient (Wildman–Crippen LogP) is 3.06. The molecule has 2 nitrogen and oxygen atoms in total. The average molecular weight is 276 g/mol. The Labute approximate surface area is 82.1 Å². The molecule has 2 rings (SSSR count). The van der Waals surface area contributed by atoms with Gasteiger partial charge in [0.1, 0.15) is 0 Å². The molecule has 11 heavy (non-hydrogen) atoms. The summed E-state index contributed by atoms with van der Waals surface area (Å²) < 4.78 is 4.37. The van der Waals surface area contributed by atoms with Crippen molar-refractivity contribution in [2.24, 2.45) is 0 Å². The van der Waals surface area contributed by atoms with Crippen LogP contribution in [0.3, 0.4) is 0 Å². The van der Waals surface area contributed by atoms with Gasteiger partial charge < -0.3 is 3.53 Å². The van der Waals surface area contributed by atoms with E-state index in [1.165, 1.54) is 10.1 Å². The molecule has 0 saturated heterocycles. The number of halogens is 1. The first-order valence-electron chi connectivity index (χ1n) is 3.09. The number of fused-ring (bicyclic) bond motifs is 1. The fraction of sp³-hybridized carbons (Fsp3) is 0. The van der Waals surface area contributed by atoms with Crippen LogP contribution in [0.25, 0.3) is 10.1 Å². The molecule has 0 amide bonds. The molecule has 0 bridgehead atoms. The number of thiophene rings is 1. The van der Waals surface area contributed by atoms with Crippen molar-refractivity contribution in [1.29, 1.82) is 0 Å². The second-order valence-corrected chi connectivity index (χ2v) is 3.57. The number of anilines is 1. The molecule has 0 aliphatic heterocycles. The van der Waals surface area contributed by atoms with Gasteiger partial charge in [-0.15, -0.1) is 11.3 Å². The van der Waals surface area contributed by atoms with Gasteiger partial charge in [-0.2, -0.15) is 0 Å². The minimum absolute atomic E-state index is 1.15. The summed E-state index contributed by atoms with van der Waals surface area (Å²) in [5.74, 6) is 0. The molecule has 0 aliphatic carbocycles. The quantitative estimate of drug-likeness (QED) is 0.639. The van der Waals surface area contributed by atoms with Gasteiger partial charge in [0, 0.05) is 27.9 Å². The SMILES string of the molecule is INc1csc2ccncc12. The highest BCUT2D eigenvalue weighted by Gasteiger charge is 2.00. The van der Waals surface area contributed by atoms with Crippen LogP contribution in [0.5, 0.6) is 0 Å². The molecule has 2 aromatic heterocycles. The molecule has 0 spiro atoms. The third kappa shape index (κ3) is 1.20. The lowest BCUT2D eigenvalue weighted by molar-refractivity contribution is 1.37. The second kappa shape index (κ2) is 2.94. The smallest absolute Gasteiger partial charge is 0.0631 e. The van der Waals surface area contributed by atoms with Crippen LogP contribution in [0.2, 0.25) is 0 Å². The van der Waals surface area contributed by atoms with Crippen molar-refractivity contribution < 1.29 is 0 Å². The summed E-state index contributed by atoms with van der Waals surface area (Å²) in [6.45, 7) is 0. The molecule has 0 aromatic carbocycles. The van der Waals surface area contributed by atoms with Crippen molar-refractivity contribution >= 4 is 50.0 Å². The van der Waals surface area contributed by atoms with E-state index in [-0.39, 0.29) is 0 Å². The van der Waals surface area contributed by atoms with Crippen molar-refractivity contribution in [1.82, 2.24) is 4.98 Å². The average Bonchev–Trinajstić information content (AvgIpc) is 2.47. The minimum atomic E-state index is 1.15. The Hall–Kier alpha value is -0.360. The summed E-state index contributed by atoms with van der Waals surface area (Å²) in [4.78, 5) is 4.06. The lowest BCUT2D eigenvalue weighted by Gasteiger charge is -1.91. The molecule has 1 N–H and O–H groups in total. The van der Waals surface area contributed by atoms with Crippen molar-refractivity contribution in [3.05, 3.63) is 23.8 Å². The maximum Gasteiger partial charge on any atom is 0.0631 e. The molecule has 0 fully saturated rings. The number of hydrogen-bond acceptors (Lipinski definition) is 3. The summed E-state index contributed by atoms with van der Waals surface area (Å²) in [5.41, 5.74) is 1.15. The van der Waals surface area contributed by atoms with E-state index >= 15 is 0 Å². The maximum atomic E-state index is 4.06. The van der Waals surface area contributed by atoms with E-state index in [0.29, 0.717) is 0 Å². The first kappa shape index (κ1) is 7.30. The van der Waals surface area contributed by atoms with E-state index in [1.807, 2.05) is 18.5 Å². The Kier molecular flexibility index (Phi) is 1.95. The normalized spacial score (nSPS) is 10.3. The molecule has 0 unspecified atom stereocenters. The van der Waals surface area contributed by atoms with E-state index in [9.17, 15) is 0 Å². The third-order valence-electron chi connectivity index (χ3n) is 1.48. The molecule has 2 aromatic rings. The second-order valence-electron chi connectivity index (χ2n) is 2.12. The monoisotopic (exact) mass is 276 g/mol. The van der Waals surface area contributed by atoms with Crippen molar-refractivity contribution in [3.8, 4) is 0 Å². The molecule has 2 heterocycles. The largest absolute Gasteiger partial charge is 0.327 e. The molecule has 0 saturated carbocycles. The van der Waals surface area contributed by atoms with Crippen LogP contribution in [-0.2, 0) is 0 Å². The fourth-order valence-electron chi connectivity index (χ4n) is 0.946. The fourth-order valence-corrected chi connectivity index (χ4v) is 2.46. The number of rotatable bonds is 1. The first-order chi connectivity index (χ1) is 5.42. The van der Waals surface area contributed by atoms with Crippen LogP contribution >= 0.6 is 34.2 Å². The summed E-state index contributed by atoms with van der Waals surface area (Å²) in [6, 6.07) is 2.03. The van der Waals surface area contributed by atoms with Crippen LogP contribution in [0.1, 0.15) is 0 Å². The number of aromatic nitrogens is 1. The lowest BCUT2D eigenvalue weighted by atomic mass is 10.3.